The van der Waals surface area contributed by atoms with Crippen molar-refractivity contribution < 1.29 is 24.7 Å². The molecule has 0 aromatic heterocycles. The molecule has 3 rings (SSSR count). The lowest BCUT2D eigenvalue weighted by Gasteiger charge is -2.11. The highest BCUT2D eigenvalue weighted by Gasteiger charge is 2.15. The fourth-order valence-corrected chi connectivity index (χ4v) is 2.56. The molecule has 1 amide bonds. The Hall–Kier alpha value is -4.40. The predicted octanol–water partition coefficient (Wildman–Crippen LogP) is 3.35. The van der Waals surface area contributed by atoms with Gasteiger partial charge in [0.25, 0.3) is 11.6 Å². The molecule has 0 spiro atoms. The van der Waals surface area contributed by atoms with Crippen molar-refractivity contribution in [3.8, 4) is 17.2 Å². The largest absolute Gasteiger partial charge is 0.504 e. The van der Waals surface area contributed by atoms with Crippen LogP contribution in [-0.2, 0) is 6.61 Å². The molecule has 0 aliphatic heterocycles. The summed E-state index contributed by atoms with van der Waals surface area (Å²) < 4.78 is 5.44. The van der Waals surface area contributed by atoms with Crippen molar-refractivity contribution in [2.45, 2.75) is 6.61 Å². The number of benzene rings is 3. The zero-order chi connectivity index (χ0) is 21.5. The summed E-state index contributed by atoms with van der Waals surface area (Å²) in [5, 5.41) is 34.7. The fourth-order valence-electron chi connectivity index (χ4n) is 2.56. The number of nitro groups is 1. The van der Waals surface area contributed by atoms with Crippen molar-refractivity contribution in [3.05, 3.63) is 93.5 Å². The van der Waals surface area contributed by atoms with Gasteiger partial charge in [0, 0.05) is 23.3 Å². The van der Waals surface area contributed by atoms with E-state index >= 15 is 0 Å². The Morgan fingerprint density at radius 2 is 1.77 bits per heavy atom. The van der Waals surface area contributed by atoms with E-state index < -0.39 is 22.3 Å². The van der Waals surface area contributed by atoms with Gasteiger partial charge < -0.3 is 14.9 Å². The van der Waals surface area contributed by atoms with Crippen LogP contribution in [0.5, 0.6) is 17.2 Å². The monoisotopic (exact) mass is 407 g/mol. The Bertz CT molecular complexity index is 1080. The van der Waals surface area contributed by atoms with Crippen LogP contribution in [0.1, 0.15) is 21.5 Å². The number of phenols is 2. The second kappa shape index (κ2) is 9.20. The molecule has 0 bridgehead atoms. The maximum Gasteiger partial charge on any atom is 0.271 e. The lowest BCUT2D eigenvalue weighted by Crippen LogP contribution is -2.17. The Kier molecular flexibility index (Phi) is 6.23. The quantitative estimate of drug-likeness (QED) is 0.312. The van der Waals surface area contributed by atoms with Gasteiger partial charge in [-0.1, -0.05) is 42.5 Å². The van der Waals surface area contributed by atoms with E-state index in [1.165, 1.54) is 24.4 Å². The normalized spacial score (nSPS) is 10.7. The molecule has 3 aromatic rings. The van der Waals surface area contributed by atoms with Crippen molar-refractivity contribution in [3.63, 3.8) is 0 Å². The second-order valence-corrected chi connectivity index (χ2v) is 6.17. The van der Waals surface area contributed by atoms with E-state index in [9.17, 15) is 25.1 Å². The van der Waals surface area contributed by atoms with Crippen molar-refractivity contribution in [2.24, 2.45) is 5.10 Å². The van der Waals surface area contributed by atoms with Crippen LogP contribution in [0.2, 0.25) is 0 Å². The standard InChI is InChI=1S/C21H17N3O6/c25-18-10-16(11-19(26)20(18)30-13-14-5-2-1-3-6-14)21(27)23-22-12-15-7-4-8-17(9-15)24(28)29/h1-12,25-26H,13H2,(H,23,27). The minimum atomic E-state index is -0.697. The number of phenolic OH excluding ortho intramolecular Hbond substituents is 2. The van der Waals surface area contributed by atoms with E-state index in [0.717, 1.165) is 17.7 Å². The zero-order valence-electron chi connectivity index (χ0n) is 15.6. The summed E-state index contributed by atoms with van der Waals surface area (Å²) in [5.41, 5.74) is 3.33. The molecule has 3 aromatic carbocycles. The van der Waals surface area contributed by atoms with E-state index in [-0.39, 0.29) is 23.6 Å². The first kappa shape index (κ1) is 20.3. The van der Waals surface area contributed by atoms with Crippen molar-refractivity contribution in [2.75, 3.05) is 0 Å². The highest BCUT2D eigenvalue weighted by molar-refractivity contribution is 5.96. The van der Waals surface area contributed by atoms with Crippen molar-refractivity contribution in [1.29, 1.82) is 0 Å². The third-order valence-electron chi connectivity index (χ3n) is 4.00. The number of non-ortho nitro benzene ring substituents is 1. The molecule has 0 heterocycles. The minimum Gasteiger partial charge on any atom is -0.504 e. The van der Waals surface area contributed by atoms with Crippen LogP contribution < -0.4 is 10.2 Å². The molecule has 0 aliphatic carbocycles. The SMILES string of the molecule is O=C(NN=Cc1cccc([N+](=O)[O-])c1)c1cc(O)c(OCc2ccccc2)c(O)c1. The number of ether oxygens (including phenoxy) is 1. The molecule has 3 N–H and O–H groups in total. The highest BCUT2D eigenvalue weighted by atomic mass is 16.6. The molecule has 9 heteroatoms. The van der Waals surface area contributed by atoms with Gasteiger partial charge >= 0.3 is 0 Å². The fraction of sp³-hybridized carbons (Fsp3) is 0.0476. The third-order valence-corrected chi connectivity index (χ3v) is 4.00. The second-order valence-electron chi connectivity index (χ2n) is 6.17. The number of nitrogens with one attached hydrogen (secondary N) is 1. The van der Waals surface area contributed by atoms with Crippen LogP contribution in [-0.4, -0.2) is 27.3 Å². The van der Waals surface area contributed by atoms with Crippen LogP contribution in [0.15, 0.2) is 71.8 Å². The molecule has 152 valence electrons. The van der Waals surface area contributed by atoms with Gasteiger partial charge in [0.05, 0.1) is 11.1 Å². The number of carbonyl (C=O) groups is 1. The van der Waals surface area contributed by atoms with Gasteiger partial charge in [0.1, 0.15) is 6.61 Å². The molecular weight excluding hydrogens is 390 g/mol. The van der Waals surface area contributed by atoms with Crippen LogP contribution in [0.3, 0.4) is 0 Å². The first-order valence-corrected chi connectivity index (χ1v) is 8.74. The number of amides is 1. The molecule has 0 aliphatic rings. The van der Waals surface area contributed by atoms with E-state index in [0.29, 0.717) is 5.56 Å². The van der Waals surface area contributed by atoms with Gasteiger partial charge in [-0.25, -0.2) is 5.43 Å². The summed E-state index contributed by atoms with van der Waals surface area (Å²) in [6.45, 7) is 0.126. The summed E-state index contributed by atoms with van der Waals surface area (Å²) >= 11 is 0. The lowest BCUT2D eigenvalue weighted by atomic mass is 10.1. The van der Waals surface area contributed by atoms with Crippen LogP contribution >= 0.6 is 0 Å². The van der Waals surface area contributed by atoms with E-state index in [2.05, 4.69) is 10.5 Å². The Balaban J connectivity index is 1.66. The van der Waals surface area contributed by atoms with Crippen LogP contribution in [0.4, 0.5) is 5.69 Å². The highest BCUT2D eigenvalue weighted by Crippen LogP contribution is 2.37. The summed E-state index contributed by atoms with van der Waals surface area (Å²) in [6.07, 6.45) is 1.24. The number of rotatable bonds is 7. The molecule has 0 atom stereocenters. The predicted molar refractivity (Wildman–Crippen MR) is 109 cm³/mol. The Morgan fingerprint density at radius 1 is 1.07 bits per heavy atom. The Morgan fingerprint density at radius 3 is 2.43 bits per heavy atom. The van der Waals surface area contributed by atoms with E-state index in [1.54, 1.807) is 6.07 Å². The van der Waals surface area contributed by atoms with Gasteiger partial charge in [-0.3, -0.25) is 14.9 Å². The lowest BCUT2D eigenvalue weighted by molar-refractivity contribution is -0.384. The van der Waals surface area contributed by atoms with Gasteiger partial charge in [0.2, 0.25) is 5.75 Å². The number of hydrazone groups is 1. The van der Waals surface area contributed by atoms with Crippen LogP contribution in [0.25, 0.3) is 0 Å². The minimum absolute atomic E-state index is 0.0479. The molecule has 0 saturated heterocycles. The van der Waals surface area contributed by atoms with Crippen LogP contribution in [0, 0.1) is 10.1 Å². The number of hydrogen-bond acceptors (Lipinski definition) is 7. The number of hydrogen-bond donors (Lipinski definition) is 3. The average molecular weight is 407 g/mol. The number of nitrogens with zero attached hydrogens (tertiary/aromatic N) is 2. The van der Waals surface area contributed by atoms with Gasteiger partial charge in [0.15, 0.2) is 11.5 Å². The number of nitro benzene ring substituents is 1. The van der Waals surface area contributed by atoms with Gasteiger partial charge in [-0.05, 0) is 17.7 Å². The maximum atomic E-state index is 12.2. The average Bonchev–Trinajstić information content (AvgIpc) is 2.74. The summed E-state index contributed by atoms with van der Waals surface area (Å²) in [6, 6.07) is 17.2. The molecule has 0 radical (unpaired) electrons. The van der Waals surface area contributed by atoms with Crippen molar-refractivity contribution in [1.82, 2.24) is 5.43 Å². The Labute approximate surface area is 171 Å². The molecule has 30 heavy (non-hydrogen) atoms. The molecule has 0 unspecified atom stereocenters. The molecule has 0 saturated carbocycles. The number of carbonyl (C=O) groups excluding carboxylic acids is 1. The summed E-state index contributed by atoms with van der Waals surface area (Å²) in [4.78, 5) is 22.4. The van der Waals surface area contributed by atoms with Gasteiger partial charge in [-0.15, -0.1) is 0 Å². The molecule has 9 nitrogen and oxygen atoms in total. The van der Waals surface area contributed by atoms with E-state index in [1.807, 2.05) is 30.3 Å². The first-order valence-electron chi connectivity index (χ1n) is 8.74. The van der Waals surface area contributed by atoms with Crippen molar-refractivity contribution >= 4 is 17.8 Å². The smallest absolute Gasteiger partial charge is 0.271 e. The molecule has 0 fully saturated rings. The topological polar surface area (TPSA) is 134 Å². The summed E-state index contributed by atoms with van der Waals surface area (Å²) in [5.74, 6) is -1.65. The molecular formula is C21H17N3O6. The van der Waals surface area contributed by atoms with E-state index in [4.69, 9.17) is 4.74 Å². The number of aromatic hydroxyl groups is 2. The third kappa shape index (κ3) is 5.10. The zero-order valence-corrected chi connectivity index (χ0v) is 15.6. The summed E-state index contributed by atoms with van der Waals surface area (Å²) in [7, 11) is 0. The first-order chi connectivity index (χ1) is 14.4. The maximum absolute atomic E-state index is 12.2. The van der Waals surface area contributed by atoms with Gasteiger partial charge in [-0.2, -0.15) is 5.10 Å².